The summed E-state index contributed by atoms with van der Waals surface area (Å²) in [7, 11) is 0. The highest BCUT2D eigenvalue weighted by Crippen LogP contribution is 2.32. The fourth-order valence-electron chi connectivity index (χ4n) is 2.15. The number of hydrogen-bond acceptors (Lipinski definition) is 2. The molecule has 0 saturated carbocycles. The molecule has 0 aromatic carbocycles. The lowest BCUT2D eigenvalue weighted by atomic mass is 9.81. The molecule has 0 aromatic rings. The normalized spacial score (nSPS) is 24.9. The highest BCUT2D eigenvalue weighted by Gasteiger charge is 2.18. The Bertz CT molecular complexity index is 249. The summed E-state index contributed by atoms with van der Waals surface area (Å²) in [5.41, 5.74) is 0. The third-order valence-corrected chi connectivity index (χ3v) is 3.88. The Labute approximate surface area is 105 Å². The molecule has 1 aliphatic rings. The zero-order valence-electron chi connectivity index (χ0n) is 9.74. The van der Waals surface area contributed by atoms with Gasteiger partial charge >= 0.3 is 0 Å². The number of thiol groups is 2. The van der Waals surface area contributed by atoms with Gasteiger partial charge in [-0.1, -0.05) is 19.1 Å². The predicted molar refractivity (Wildman–Crippen MR) is 75.6 cm³/mol. The van der Waals surface area contributed by atoms with Crippen LogP contribution in [-0.2, 0) is 0 Å². The van der Waals surface area contributed by atoms with Gasteiger partial charge in [0.15, 0.2) is 0 Å². The van der Waals surface area contributed by atoms with Crippen LogP contribution in [0.2, 0.25) is 0 Å². The van der Waals surface area contributed by atoms with E-state index in [0.29, 0.717) is 0 Å². The molecule has 0 heterocycles. The Morgan fingerprint density at radius 3 is 2.93 bits per heavy atom. The second kappa shape index (κ2) is 6.70. The minimum Gasteiger partial charge on any atom is -0.149 e. The zero-order valence-corrected chi connectivity index (χ0v) is 11.5. The van der Waals surface area contributed by atoms with Crippen LogP contribution in [0, 0.1) is 11.8 Å². The van der Waals surface area contributed by atoms with Crippen LogP contribution in [0.1, 0.15) is 46.0 Å². The van der Waals surface area contributed by atoms with Crippen molar-refractivity contribution in [1.29, 1.82) is 0 Å². The topological polar surface area (TPSA) is 0 Å². The summed E-state index contributed by atoms with van der Waals surface area (Å²) in [6.45, 7) is 4.42. The third kappa shape index (κ3) is 5.17. The molecule has 2 heteroatoms. The van der Waals surface area contributed by atoms with Crippen molar-refractivity contribution in [3.05, 3.63) is 22.0 Å². The summed E-state index contributed by atoms with van der Waals surface area (Å²) in [5, 5.41) is 0. The molecule has 0 N–H and O–H groups in total. The number of hydrogen-bond donors (Lipinski definition) is 2. The van der Waals surface area contributed by atoms with Crippen LogP contribution in [0.15, 0.2) is 22.0 Å². The number of rotatable bonds is 4. The SMILES string of the molecule is C/C(S)=C/CCC(C)C1CC=C(S)CC1. The molecule has 0 amide bonds. The van der Waals surface area contributed by atoms with Crippen molar-refractivity contribution in [3.8, 4) is 0 Å². The van der Waals surface area contributed by atoms with Crippen LogP contribution in [0.4, 0.5) is 0 Å². The quantitative estimate of drug-likeness (QED) is 0.647. The Kier molecular flexibility index (Phi) is 5.91. The van der Waals surface area contributed by atoms with E-state index in [4.69, 9.17) is 0 Å². The maximum Gasteiger partial charge on any atom is -0.0221 e. The van der Waals surface area contributed by atoms with Crippen LogP contribution in [0.5, 0.6) is 0 Å². The van der Waals surface area contributed by atoms with Crippen molar-refractivity contribution < 1.29 is 0 Å². The highest BCUT2D eigenvalue weighted by atomic mass is 32.1. The van der Waals surface area contributed by atoms with Gasteiger partial charge in [0.05, 0.1) is 0 Å². The first-order chi connectivity index (χ1) is 7.09. The molecule has 1 rings (SSSR count). The van der Waals surface area contributed by atoms with Crippen LogP contribution >= 0.6 is 25.3 Å². The van der Waals surface area contributed by atoms with Gasteiger partial charge in [-0.25, -0.2) is 0 Å². The van der Waals surface area contributed by atoms with Gasteiger partial charge in [-0.05, 0) is 60.7 Å². The van der Waals surface area contributed by atoms with Crippen molar-refractivity contribution in [3.63, 3.8) is 0 Å². The van der Waals surface area contributed by atoms with E-state index in [2.05, 4.69) is 44.3 Å². The Morgan fingerprint density at radius 2 is 2.40 bits per heavy atom. The molecular weight excluding hydrogens is 220 g/mol. The molecule has 0 radical (unpaired) electrons. The lowest BCUT2D eigenvalue weighted by Gasteiger charge is -2.26. The molecule has 0 aromatic heterocycles. The molecular formula is C13H22S2. The monoisotopic (exact) mass is 242 g/mol. The molecule has 2 unspecified atom stereocenters. The fraction of sp³-hybridized carbons (Fsp3) is 0.692. The third-order valence-electron chi connectivity index (χ3n) is 3.29. The fourth-order valence-corrected chi connectivity index (χ4v) is 2.51. The van der Waals surface area contributed by atoms with Gasteiger partial charge in [0.2, 0.25) is 0 Å². The molecule has 0 aliphatic heterocycles. The van der Waals surface area contributed by atoms with Crippen LogP contribution < -0.4 is 0 Å². The van der Waals surface area contributed by atoms with Gasteiger partial charge in [-0.15, -0.1) is 25.3 Å². The van der Waals surface area contributed by atoms with E-state index in [1.807, 2.05) is 6.92 Å². The standard InChI is InChI=1S/C13H22S2/c1-10(4-3-5-11(2)14)12-6-8-13(15)9-7-12/h5,8,10,12,14-15H,3-4,6-7,9H2,1-2H3/b11-5-. The predicted octanol–water partition coefficient (Wildman–Crippen LogP) is 4.85. The summed E-state index contributed by atoms with van der Waals surface area (Å²) in [5.74, 6) is 1.70. The molecule has 0 nitrogen and oxygen atoms in total. The first-order valence-electron chi connectivity index (χ1n) is 5.83. The van der Waals surface area contributed by atoms with Gasteiger partial charge in [-0.2, -0.15) is 0 Å². The van der Waals surface area contributed by atoms with Crippen molar-refractivity contribution in [2.45, 2.75) is 46.0 Å². The lowest BCUT2D eigenvalue weighted by molar-refractivity contribution is 0.315. The smallest absolute Gasteiger partial charge is 0.0221 e. The largest absolute Gasteiger partial charge is 0.149 e. The molecule has 0 bridgehead atoms. The minimum atomic E-state index is 0.826. The molecule has 15 heavy (non-hydrogen) atoms. The van der Waals surface area contributed by atoms with Crippen LogP contribution in [0.25, 0.3) is 0 Å². The maximum absolute atomic E-state index is 4.41. The van der Waals surface area contributed by atoms with Crippen LogP contribution in [0.3, 0.4) is 0 Å². The van der Waals surface area contributed by atoms with E-state index in [-0.39, 0.29) is 0 Å². The van der Waals surface area contributed by atoms with E-state index >= 15 is 0 Å². The Hall–Kier alpha value is 0.180. The maximum atomic E-state index is 4.41. The van der Waals surface area contributed by atoms with Crippen LogP contribution in [-0.4, -0.2) is 0 Å². The average molecular weight is 242 g/mol. The molecule has 0 saturated heterocycles. The second-order valence-electron chi connectivity index (χ2n) is 4.63. The molecule has 1 aliphatic carbocycles. The summed E-state index contributed by atoms with van der Waals surface area (Å²) in [4.78, 5) is 2.42. The van der Waals surface area contributed by atoms with Crippen molar-refractivity contribution in [2.24, 2.45) is 11.8 Å². The Morgan fingerprint density at radius 1 is 1.67 bits per heavy atom. The van der Waals surface area contributed by atoms with Gasteiger partial charge in [0.25, 0.3) is 0 Å². The first-order valence-corrected chi connectivity index (χ1v) is 6.72. The molecule has 0 spiro atoms. The van der Waals surface area contributed by atoms with Crippen molar-refractivity contribution in [2.75, 3.05) is 0 Å². The summed E-state index contributed by atoms with van der Waals surface area (Å²) < 4.78 is 0. The Balaban J connectivity index is 2.29. The second-order valence-corrected chi connectivity index (χ2v) is 5.91. The highest BCUT2D eigenvalue weighted by molar-refractivity contribution is 7.84. The van der Waals surface area contributed by atoms with E-state index in [0.717, 1.165) is 16.7 Å². The average Bonchev–Trinajstić information content (AvgIpc) is 2.18. The van der Waals surface area contributed by atoms with Gasteiger partial charge in [0.1, 0.15) is 0 Å². The van der Waals surface area contributed by atoms with Crippen molar-refractivity contribution >= 4 is 25.3 Å². The minimum absolute atomic E-state index is 0.826. The van der Waals surface area contributed by atoms with E-state index in [1.54, 1.807) is 0 Å². The van der Waals surface area contributed by atoms with E-state index in [9.17, 15) is 0 Å². The summed E-state index contributed by atoms with van der Waals surface area (Å²) >= 11 is 8.69. The van der Waals surface area contributed by atoms with E-state index < -0.39 is 0 Å². The summed E-state index contributed by atoms with van der Waals surface area (Å²) in [6, 6.07) is 0. The molecule has 86 valence electrons. The van der Waals surface area contributed by atoms with Gasteiger partial charge < -0.3 is 0 Å². The molecule has 2 atom stereocenters. The van der Waals surface area contributed by atoms with Crippen molar-refractivity contribution in [1.82, 2.24) is 0 Å². The van der Waals surface area contributed by atoms with Gasteiger partial charge in [0, 0.05) is 0 Å². The molecule has 0 fully saturated rings. The number of allylic oxidation sites excluding steroid dienone is 4. The summed E-state index contributed by atoms with van der Waals surface area (Å²) in [6.07, 6.45) is 10.7. The lowest BCUT2D eigenvalue weighted by Crippen LogP contribution is -2.13. The first kappa shape index (κ1) is 13.2. The van der Waals surface area contributed by atoms with Gasteiger partial charge in [-0.3, -0.25) is 0 Å². The zero-order chi connectivity index (χ0) is 11.3. The van der Waals surface area contributed by atoms with E-state index in [1.165, 1.54) is 37.0 Å².